The molecule has 0 aliphatic heterocycles. The van der Waals surface area contributed by atoms with E-state index >= 15 is 0 Å². The number of para-hydroxylation sites is 1. The van der Waals surface area contributed by atoms with Gasteiger partial charge in [0.05, 0.1) is 32.5 Å². The van der Waals surface area contributed by atoms with E-state index < -0.39 is 36.9 Å². The number of hydrogen-bond acceptors (Lipinski definition) is 11. The van der Waals surface area contributed by atoms with Crippen molar-refractivity contribution in [1.82, 2.24) is 15.2 Å². The summed E-state index contributed by atoms with van der Waals surface area (Å²) in [6.45, 7) is 2.07. The molecule has 2 aromatic carbocycles. The topological polar surface area (TPSA) is 185 Å². The summed E-state index contributed by atoms with van der Waals surface area (Å²) in [5.74, 6) is 0.144. The van der Waals surface area contributed by atoms with Crippen LogP contribution in [0.5, 0.6) is 5.75 Å². The van der Waals surface area contributed by atoms with Crippen LogP contribution in [0, 0.1) is 0 Å². The maximum absolute atomic E-state index is 13.1. The van der Waals surface area contributed by atoms with Crippen LogP contribution < -0.4 is 10.1 Å². The zero-order valence-electron chi connectivity index (χ0n) is 29.6. The zero-order valence-corrected chi connectivity index (χ0v) is 30.4. The first-order valence-electron chi connectivity index (χ1n) is 18.1. The van der Waals surface area contributed by atoms with Crippen LogP contribution in [0.2, 0.25) is 5.02 Å². The normalized spacial score (nSPS) is 17.9. The number of carbonyl (C=O) groups is 1. The van der Waals surface area contributed by atoms with Crippen molar-refractivity contribution in [3.63, 3.8) is 0 Å². The number of pyridine rings is 1. The number of ether oxygens (including phenoxy) is 2. The van der Waals surface area contributed by atoms with E-state index in [0.717, 1.165) is 59.3 Å². The number of carbonyl (C=O) groups excluding carboxylic acids is 1. The van der Waals surface area contributed by atoms with Crippen LogP contribution in [-0.4, -0.2) is 116 Å². The molecule has 5 unspecified atom stereocenters. The van der Waals surface area contributed by atoms with Gasteiger partial charge in [0.15, 0.2) is 6.10 Å². The summed E-state index contributed by atoms with van der Waals surface area (Å²) >= 11 is 6.72. The average molecular weight is 742 g/mol. The lowest BCUT2D eigenvalue weighted by atomic mass is 9.93. The molecular weight excluding hydrogens is 690 g/mol. The Morgan fingerprint density at radius 1 is 1.02 bits per heavy atom. The lowest BCUT2D eigenvalue weighted by Crippen LogP contribution is -2.53. The molecule has 2 aliphatic rings. The molecule has 1 amide bonds. The Kier molecular flexibility index (Phi) is 14.4. The molecule has 0 bridgehead atoms. The summed E-state index contributed by atoms with van der Waals surface area (Å²) in [5, 5.41) is 63.1. The van der Waals surface area contributed by atoms with Gasteiger partial charge >= 0.3 is 0 Å². The van der Waals surface area contributed by atoms with Gasteiger partial charge in [0.25, 0.3) is 5.91 Å². The number of nitrogens with one attached hydrogen (secondary N) is 1. The van der Waals surface area contributed by atoms with Crippen molar-refractivity contribution in [3.8, 4) is 16.9 Å². The summed E-state index contributed by atoms with van der Waals surface area (Å²) in [6.07, 6.45) is 1.73. The van der Waals surface area contributed by atoms with Gasteiger partial charge in [0.1, 0.15) is 24.1 Å². The Morgan fingerprint density at radius 3 is 2.50 bits per heavy atom. The maximum Gasteiger partial charge on any atom is 0.254 e. The molecule has 284 valence electrons. The van der Waals surface area contributed by atoms with Gasteiger partial charge in [-0.1, -0.05) is 48.9 Å². The van der Waals surface area contributed by atoms with Gasteiger partial charge in [-0.3, -0.25) is 9.78 Å². The van der Waals surface area contributed by atoms with Gasteiger partial charge in [-0.05, 0) is 84.9 Å². The van der Waals surface area contributed by atoms with E-state index in [1.54, 1.807) is 0 Å². The molecule has 2 aliphatic carbocycles. The number of halogens is 1. The fourth-order valence-corrected chi connectivity index (χ4v) is 6.60. The van der Waals surface area contributed by atoms with E-state index in [0.29, 0.717) is 24.4 Å². The average Bonchev–Trinajstić information content (AvgIpc) is 4.12. The van der Waals surface area contributed by atoms with Crippen LogP contribution in [-0.2, 0) is 21.6 Å². The lowest BCUT2D eigenvalue weighted by molar-refractivity contribution is -0.159. The second kappa shape index (κ2) is 18.7. The summed E-state index contributed by atoms with van der Waals surface area (Å²) in [5.41, 5.74) is 5.13. The molecule has 5 atom stereocenters. The van der Waals surface area contributed by atoms with E-state index in [9.17, 15) is 25.2 Å². The van der Waals surface area contributed by atoms with Crippen LogP contribution in [0.4, 0.5) is 0 Å². The predicted molar refractivity (Wildman–Crippen MR) is 196 cm³/mol. The second-order valence-electron chi connectivity index (χ2n) is 13.9. The molecule has 0 saturated heterocycles. The molecule has 0 radical (unpaired) electrons. The minimum absolute atomic E-state index is 0.0753. The molecular formula is C39H52ClN3O9. The molecule has 7 N–H and O–H groups in total. The third-order valence-electron chi connectivity index (χ3n) is 9.96. The SMILES string of the molecule is CC(CCCN(CCOCCO)C(=O)C(O)C(O)C(O)C(O)CO)c1ccc(Cl)c(CNC2(c3cnccc3-c3ccccc3OC3CC3)CC2)c1. The highest BCUT2D eigenvalue weighted by atomic mass is 35.5. The van der Waals surface area contributed by atoms with Crippen LogP contribution in [0.15, 0.2) is 60.9 Å². The third-order valence-corrected chi connectivity index (χ3v) is 10.3. The van der Waals surface area contributed by atoms with Crippen LogP contribution in [0.1, 0.15) is 68.1 Å². The summed E-state index contributed by atoms with van der Waals surface area (Å²) in [6, 6.07) is 16.3. The number of nitrogens with zero attached hydrogens (tertiary/aromatic N) is 2. The molecule has 5 rings (SSSR count). The molecule has 2 fully saturated rings. The van der Waals surface area contributed by atoms with E-state index in [1.807, 2.05) is 42.7 Å². The largest absolute Gasteiger partial charge is 0.490 e. The van der Waals surface area contributed by atoms with Crippen molar-refractivity contribution in [2.24, 2.45) is 0 Å². The quantitative estimate of drug-likeness (QED) is 0.0752. The fourth-order valence-electron chi connectivity index (χ4n) is 6.42. The number of aliphatic hydroxyl groups excluding tert-OH is 6. The number of aromatic nitrogens is 1. The maximum atomic E-state index is 13.1. The van der Waals surface area contributed by atoms with Crippen molar-refractivity contribution in [2.75, 3.05) is 39.5 Å². The lowest BCUT2D eigenvalue weighted by Gasteiger charge is -2.30. The Balaban J connectivity index is 1.21. The molecule has 0 spiro atoms. The number of aliphatic hydroxyl groups is 6. The number of amides is 1. The smallest absolute Gasteiger partial charge is 0.254 e. The van der Waals surface area contributed by atoms with Crippen molar-refractivity contribution in [2.45, 2.75) is 94.0 Å². The third kappa shape index (κ3) is 10.3. The number of rotatable bonds is 22. The van der Waals surface area contributed by atoms with Gasteiger partial charge in [0.2, 0.25) is 0 Å². The Bertz CT molecular complexity index is 1600. The van der Waals surface area contributed by atoms with Gasteiger partial charge in [-0.2, -0.15) is 0 Å². The highest BCUT2D eigenvalue weighted by molar-refractivity contribution is 6.31. The van der Waals surface area contributed by atoms with E-state index in [-0.39, 0.29) is 50.5 Å². The van der Waals surface area contributed by atoms with E-state index in [1.165, 1.54) is 4.90 Å². The molecule has 13 heteroatoms. The standard InChI is InChI=1S/C39H52ClN3O9/c1-25(5-4-16-43(17-19-51-20-18-44)38(50)37(49)36(48)35(47)33(46)24-45)26-8-11-32(40)27(21-26)22-42-39(13-14-39)31-23-41-15-12-29(31)30-6-2-3-7-34(30)52-28-9-10-28/h2-3,6-8,11-12,15,21,23,25,28,33,35-37,42,44-49H,4-5,9-10,13-14,16-20,22,24H2,1H3. The Morgan fingerprint density at radius 2 is 1.79 bits per heavy atom. The molecule has 2 saturated carbocycles. The fraction of sp³-hybridized carbons (Fsp3) is 0.538. The first-order valence-corrected chi connectivity index (χ1v) is 18.5. The highest BCUT2D eigenvalue weighted by Crippen LogP contribution is 2.50. The molecule has 1 heterocycles. The number of benzene rings is 2. The molecule has 12 nitrogen and oxygen atoms in total. The van der Waals surface area contributed by atoms with Crippen molar-refractivity contribution in [3.05, 3.63) is 82.6 Å². The highest BCUT2D eigenvalue weighted by Gasteiger charge is 2.46. The van der Waals surface area contributed by atoms with Crippen molar-refractivity contribution in [1.29, 1.82) is 0 Å². The molecule has 1 aromatic heterocycles. The summed E-state index contributed by atoms with van der Waals surface area (Å²) in [7, 11) is 0. The van der Waals surface area contributed by atoms with Gasteiger partial charge in [-0.15, -0.1) is 0 Å². The van der Waals surface area contributed by atoms with Crippen molar-refractivity contribution >= 4 is 17.5 Å². The minimum Gasteiger partial charge on any atom is -0.490 e. The van der Waals surface area contributed by atoms with E-state index in [2.05, 4.69) is 35.4 Å². The second-order valence-corrected chi connectivity index (χ2v) is 14.3. The Labute approximate surface area is 310 Å². The Hall–Kier alpha value is -3.17. The first-order chi connectivity index (χ1) is 25.1. The summed E-state index contributed by atoms with van der Waals surface area (Å²) in [4.78, 5) is 19.0. The van der Waals surface area contributed by atoms with Gasteiger partial charge in [0, 0.05) is 48.2 Å². The monoisotopic (exact) mass is 741 g/mol. The van der Waals surface area contributed by atoms with Gasteiger partial charge in [-0.25, -0.2) is 0 Å². The summed E-state index contributed by atoms with van der Waals surface area (Å²) < 4.78 is 11.6. The minimum atomic E-state index is -2.03. The first kappa shape index (κ1) is 40.0. The zero-order chi connectivity index (χ0) is 37.3. The molecule has 3 aromatic rings. The van der Waals surface area contributed by atoms with Crippen LogP contribution in [0.25, 0.3) is 11.1 Å². The molecule has 52 heavy (non-hydrogen) atoms. The van der Waals surface area contributed by atoms with Gasteiger partial charge < -0.3 is 50.3 Å². The van der Waals surface area contributed by atoms with E-state index in [4.69, 9.17) is 31.3 Å². The predicted octanol–water partition coefficient (Wildman–Crippen LogP) is 2.88. The number of hydrogen-bond donors (Lipinski definition) is 7. The van der Waals surface area contributed by atoms with Crippen LogP contribution >= 0.6 is 11.6 Å². The van der Waals surface area contributed by atoms with Crippen LogP contribution in [0.3, 0.4) is 0 Å². The van der Waals surface area contributed by atoms with Crippen molar-refractivity contribution < 1.29 is 44.9 Å².